The van der Waals surface area contributed by atoms with Crippen molar-refractivity contribution in [1.82, 2.24) is 14.8 Å². The number of rotatable bonds is 3. The molecule has 1 amide bonds. The normalized spacial score (nSPS) is 10.8. The summed E-state index contributed by atoms with van der Waals surface area (Å²) in [5, 5.41) is 9.04. The van der Waals surface area contributed by atoms with E-state index in [-0.39, 0.29) is 5.91 Å². The number of thiophene rings is 1. The highest BCUT2D eigenvalue weighted by molar-refractivity contribution is 7.20. The van der Waals surface area contributed by atoms with E-state index in [1.54, 1.807) is 30.1 Å². The molecule has 21 heavy (non-hydrogen) atoms. The van der Waals surface area contributed by atoms with Gasteiger partial charge in [-0.1, -0.05) is 23.2 Å². The van der Waals surface area contributed by atoms with Gasteiger partial charge in [0, 0.05) is 24.2 Å². The molecule has 9 heteroatoms. The minimum absolute atomic E-state index is 0.300. The Hall–Kier alpha value is -1.41. The Kier molecular flexibility index (Phi) is 3.99. The van der Waals surface area contributed by atoms with Gasteiger partial charge in [-0.2, -0.15) is 5.10 Å². The summed E-state index contributed by atoms with van der Waals surface area (Å²) >= 11 is 14.6. The number of halogens is 2. The molecule has 0 spiro atoms. The quantitative estimate of drug-likeness (QED) is 0.764. The first-order valence-corrected chi connectivity index (χ1v) is 8.20. The summed E-state index contributed by atoms with van der Waals surface area (Å²) in [6, 6.07) is 3.40. The average molecular weight is 359 g/mol. The Bertz CT molecular complexity index is 808. The van der Waals surface area contributed by atoms with Crippen LogP contribution in [0.2, 0.25) is 8.67 Å². The maximum absolute atomic E-state index is 12.0. The molecule has 3 rings (SSSR count). The van der Waals surface area contributed by atoms with Crippen LogP contribution in [0.3, 0.4) is 0 Å². The van der Waals surface area contributed by atoms with E-state index < -0.39 is 0 Å². The lowest BCUT2D eigenvalue weighted by molar-refractivity contribution is 0.102. The minimum Gasteiger partial charge on any atom is -0.296 e. The predicted octanol–water partition coefficient (Wildman–Crippen LogP) is 4.16. The van der Waals surface area contributed by atoms with Crippen LogP contribution in [0.15, 0.2) is 23.7 Å². The van der Waals surface area contributed by atoms with Crippen LogP contribution in [0, 0.1) is 0 Å². The van der Waals surface area contributed by atoms with Gasteiger partial charge in [0.2, 0.25) is 0 Å². The van der Waals surface area contributed by atoms with Gasteiger partial charge >= 0.3 is 0 Å². The molecule has 0 aliphatic rings. The SMILES string of the molecule is Cn1ccc(C(=O)Nc2nc(-c3cc(Cl)sc3Cl)cs2)n1. The number of carbonyl (C=O) groups excluding carboxylic acids is 1. The van der Waals surface area contributed by atoms with E-state index >= 15 is 0 Å². The zero-order valence-corrected chi connectivity index (χ0v) is 13.8. The molecular weight excluding hydrogens is 351 g/mol. The van der Waals surface area contributed by atoms with E-state index in [2.05, 4.69) is 15.4 Å². The number of hydrogen-bond acceptors (Lipinski definition) is 5. The first-order valence-electron chi connectivity index (χ1n) is 5.74. The van der Waals surface area contributed by atoms with Crippen molar-refractivity contribution < 1.29 is 4.79 Å². The highest BCUT2D eigenvalue weighted by Crippen LogP contribution is 2.38. The number of amides is 1. The fraction of sp³-hybridized carbons (Fsp3) is 0.0833. The fourth-order valence-electron chi connectivity index (χ4n) is 1.67. The van der Waals surface area contributed by atoms with Gasteiger partial charge < -0.3 is 0 Å². The number of hydrogen-bond donors (Lipinski definition) is 1. The molecule has 3 aromatic heterocycles. The van der Waals surface area contributed by atoms with E-state index in [0.717, 1.165) is 5.56 Å². The van der Waals surface area contributed by atoms with E-state index in [4.69, 9.17) is 23.2 Å². The number of aromatic nitrogens is 3. The monoisotopic (exact) mass is 358 g/mol. The van der Waals surface area contributed by atoms with Gasteiger partial charge in [0.05, 0.1) is 10.0 Å². The van der Waals surface area contributed by atoms with Crippen LogP contribution in [0.4, 0.5) is 5.13 Å². The summed E-state index contributed by atoms with van der Waals surface area (Å²) in [5.74, 6) is -0.300. The zero-order valence-electron chi connectivity index (χ0n) is 10.6. The first-order chi connectivity index (χ1) is 10.0. The lowest BCUT2D eigenvalue weighted by Gasteiger charge is -1.97. The number of nitrogens with zero attached hydrogens (tertiary/aromatic N) is 3. The van der Waals surface area contributed by atoms with Gasteiger partial charge in [-0.25, -0.2) is 4.98 Å². The van der Waals surface area contributed by atoms with Crippen molar-refractivity contribution in [2.24, 2.45) is 7.05 Å². The standard InChI is InChI=1S/C12H8Cl2N4OS2/c1-18-3-2-7(17-18)11(19)16-12-15-8(5-20-12)6-4-9(13)21-10(6)14/h2-5H,1H3,(H,15,16,19). The van der Waals surface area contributed by atoms with Crippen LogP contribution in [0.25, 0.3) is 11.3 Å². The minimum atomic E-state index is -0.300. The summed E-state index contributed by atoms with van der Waals surface area (Å²) in [5.41, 5.74) is 1.79. The zero-order chi connectivity index (χ0) is 15.0. The molecule has 0 fully saturated rings. The number of nitrogens with one attached hydrogen (secondary N) is 1. The van der Waals surface area contributed by atoms with Crippen LogP contribution in [0.5, 0.6) is 0 Å². The number of anilines is 1. The van der Waals surface area contributed by atoms with Gasteiger partial charge in [-0.15, -0.1) is 22.7 Å². The van der Waals surface area contributed by atoms with Crippen molar-refractivity contribution >= 4 is 56.9 Å². The predicted molar refractivity (Wildman–Crippen MR) is 86.6 cm³/mol. The summed E-state index contributed by atoms with van der Waals surface area (Å²) in [7, 11) is 1.75. The average Bonchev–Trinajstić information content (AvgIpc) is 3.10. The molecule has 0 bridgehead atoms. The maximum atomic E-state index is 12.0. The third-order valence-corrected chi connectivity index (χ3v) is 4.85. The van der Waals surface area contributed by atoms with Crippen LogP contribution in [0.1, 0.15) is 10.5 Å². The summed E-state index contributed by atoms with van der Waals surface area (Å²) in [6.07, 6.45) is 1.70. The topological polar surface area (TPSA) is 59.8 Å². The second-order valence-corrected chi connectivity index (χ2v) is 7.25. The van der Waals surface area contributed by atoms with Gasteiger partial charge in [0.15, 0.2) is 10.8 Å². The lowest BCUT2D eigenvalue weighted by Crippen LogP contribution is -2.12. The molecule has 0 aliphatic heterocycles. The van der Waals surface area contributed by atoms with E-state index in [1.165, 1.54) is 22.7 Å². The van der Waals surface area contributed by atoms with Crippen molar-refractivity contribution in [2.75, 3.05) is 5.32 Å². The molecule has 3 heterocycles. The van der Waals surface area contributed by atoms with Crippen molar-refractivity contribution in [1.29, 1.82) is 0 Å². The van der Waals surface area contributed by atoms with Crippen molar-refractivity contribution in [2.45, 2.75) is 0 Å². The smallest absolute Gasteiger partial charge is 0.277 e. The van der Waals surface area contributed by atoms with Crippen molar-refractivity contribution in [3.63, 3.8) is 0 Å². The molecule has 0 saturated heterocycles. The molecule has 5 nitrogen and oxygen atoms in total. The summed E-state index contributed by atoms with van der Waals surface area (Å²) < 4.78 is 2.74. The molecule has 0 unspecified atom stereocenters. The third-order valence-electron chi connectivity index (χ3n) is 2.60. The van der Waals surface area contributed by atoms with Crippen LogP contribution in [-0.4, -0.2) is 20.7 Å². The summed E-state index contributed by atoms with van der Waals surface area (Å²) in [4.78, 5) is 16.3. The molecule has 0 saturated carbocycles. The first kappa shape index (κ1) is 14.5. The fourth-order valence-corrected chi connectivity index (χ4v) is 3.85. The van der Waals surface area contributed by atoms with E-state index in [9.17, 15) is 4.79 Å². The number of thiazole rings is 1. The van der Waals surface area contributed by atoms with Crippen molar-refractivity contribution in [3.05, 3.63) is 38.1 Å². The van der Waals surface area contributed by atoms with Crippen LogP contribution < -0.4 is 5.32 Å². The van der Waals surface area contributed by atoms with E-state index in [1.807, 2.05) is 5.38 Å². The highest BCUT2D eigenvalue weighted by atomic mass is 35.5. The van der Waals surface area contributed by atoms with Gasteiger partial charge in [0.1, 0.15) is 4.34 Å². The second kappa shape index (κ2) is 5.76. The van der Waals surface area contributed by atoms with Crippen molar-refractivity contribution in [3.8, 4) is 11.3 Å². The number of carbonyl (C=O) groups is 1. The molecule has 0 aliphatic carbocycles. The molecule has 0 aromatic carbocycles. The van der Waals surface area contributed by atoms with Gasteiger partial charge in [-0.3, -0.25) is 14.8 Å². The summed E-state index contributed by atoms with van der Waals surface area (Å²) in [6.45, 7) is 0. The highest BCUT2D eigenvalue weighted by Gasteiger charge is 2.14. The molecule has 1 N–H and O–H groups in total. The van der Waals surface area contributed by atoms with Crippen LogP contribution in [-0.2, 0) is 7.05 Å². The lowest BCUT2D eigenvalue weighted by atomic mass is 10.3. The maximum Gasteiger partial charge on any atom is 0.277 e. The Morgan fingerprint density at radius 3 is 2.86 bits per heavy atom. The van der Waals surface area contributed by atoms with E-state index in [0.29, 0.717) is 25.2 Å². The Labute approximate surface area is 138 Å². The molecule has 108 valence electrons. The molecule has 0 radical (unpaired) electrons. The second-order valence-electron chi connectivity index (χ2n) is 4.10. The molecular formula is C12H8Cl2N4OS2. The Balaban J connectivity index is 1.79. The van der Waals surface area contributed by atoms with Crippen LogP contribution >= 0.6 is 45.9 Å². The van der Waals surface area contributed by atoms with Gasteiger partial charge in [0.25, 0.3) is 5.91 Å². The Morgan fingerprint density at radius 1 is 1.43 bits per heavy atom. The molecule has 0 atom stereocenters. The Morgan fingerprint density at radius 2 is 2.24 bits per heavy atom. The largest absolute Gasteiger partial charge is 0.296 e. The molecule has 3 aromatic rings. The van der Waals surface area contributed by atoms with Gasteiger partial charge in [-0.05, 0) is 12.1 Å². The third kappa shape index (κ3) is 3.11. The number of aryl methyl sites for hydroxylation is 1.